The minimum Gasteiger partial charge on any atom is -0.451 e. The summed E-state index contributed by atoms with van der Waals surface area (Å²) < 4.78 is 26.6. The van der Waals surface area contributed by atoms with Crippen LogP contribution >= 0.6 is 0 Å². The predicted octanol–water partition coefficient (Wildman–Crippen LogP) is 0.821. The molecule has 2 heterocycles. The molecule has 1 aliphatic heterocycles. The number of benzene rings is 1. The van der Waals surface area contributed by atoms with Crippen molar-refractivity contribution in [3.8, 4) is 0 Å². The molecule has 0 aliphatic carbocycles. The standard InChI is InChI=1S/C15H16N4O5S/c20-14(11-1-3-12(4-2-11)17-25(22)23)18-5-7-19(8-6-18)15(21)13-9-24-10-16-13/h1-4,9-10,17H,5-8H2,(H,22,23). The molecule has 0 saturated carbocycles. The molecule has 3 rings (SSSR count). The number of hydrogen-bond acceptors (Lipinski definition) is 5. The Morgan fingerprint density at radius 1 is 1.08 bits per heavy atom. The van der Waals surface area contributed by atoms with Crippen LogP contribution in [0.4, 0.5) is 5.69 Å². The van der Waals surface area contributed by atoms with Gasteiger partial charge in [-0.1, -0.05) is 0 Å². The number of carbonyl (C=O) groups excluding carboxylic acids is 2. The summed E-state index contributed by atoms with van der Waals surface area (Å²) in [6.07, 6.45) is 2.51. The fourth-order valence-electron chi connectivity index (χ4n) is 2.56. The Kier molecular flexibility index (Phi) is 5.10. The summed E-state index contributed by atoms with van der Waals surface area (Å²) in [7, 11) is 0. The van der Waals surface area contributed by atoms with Crippen LogP contribution in [0.25, 0.3) is 0 Å². The van der Waals surface area contributed by atoms with Gasteiger partial charge >= 0.3 is 0 Å². The van der Waals surface area contributed by atoms with Crippen LogP contribution in [0.3, 0.4) is 0 Å². The maximum Gasteiger partial charge on any atom is 0.275 e. The molecule has 0 bridgehead atoms. The zero-order valence-corrected chi connectivity index (χ0v) is 13.9. The SMILES string of the molecule is O=C(c1ccc(NS(=O)O)cc1)N1CCN(C(=O)c2cocn2)CC1. The molecule has 2 amide bonds. The molecule has 2 N–H and O–H groups in total. The average Bonchev–Trinajstić information content (AvgIpc) is 3.15. The van der Waals surface area contributed by atoms with Gasteiger partial charge in [-0.25, -0.2) is 9.19 Å². The predicted molar refractivity (Wildman–Crippen MR) is 89.1 cm³/mol. The van der Waals surface area contributed by atoms with Crippen molar-refractivity contribution >= 4 is 28.8 Å². The van der Waals surface area contributed by atoms with Crippen LogP contribution in [0.15, 0.2) is 41.3 Å². The molecule has 1 saturated heterocycles. The van der Waals surface area contributed by atoms with E-state index in [0.29, 0.717) is 37.4 Å². The number of nitrogens with one attached hydrogen (secondary N) is 1. The summed E-state index contributed by atoms with van der Waals surface area (Å²) in [5, 5.41) is 0. The van der Waals surface area contributed by atoms with Crippen LogP contribution in [0, 0.1) is 0 Å². The van der Waals surface area contributed by atoms with Gasteiger partial charge in [-0.15, -0.1) is 0 Å². The highest BCUT2D eigenvalue weighted by Gasteiger charge is 2.26. The van der Waals surface area contributed by atoms with Gasteiger partial charge in [0, 0.05) is 37.4 Å². The second-order valence-electron chi connectivity index (χ2n) is 5.39. The first-order chi connectivity index (χ1) is 12.0. The minimum atomic E-state index is -2.15. The normalized spacial score (nSPS) is 15.7. The summed E-state index contributed by atoms with van der Waals surface area (Å²) in [5.41, 5.74) is 1.18. The van der Waals surface area contributed by atoms with Gasteiger partial charge in [-0.2, -0.15) is 0 Å². The van der Waals surface area contributed by atoms with Gasteiger partial charge in [0.25, 0.3) is 23.1 Å². The van der Waals surface area contributed by atoms with Crippen molar-refractivity contribution in [3.05, 3.63) is 48.2 Å². The number of aromatic nitrogens is 1. The fourth-order valence-corrected chi connectivity index (χ4v) is 2.89. The number of rotatable bonds is 4. The summed E-state index contributed by atoms with van der Waals surface area (Å²) in [6.45, 7) is 1.67. The van der Waals surface area contributed by atoms with Crippen molar-refractivity contribution in [2.45, 2.75) is 0 Å². The number of oxazole rings is 1. The molecule has 132 valence electrons. The molecule has 1 aromatic carbocycles. The largest absolute Gasteiger partial charge is 0.451 e. The van der Waals surface area contributed by atoms with Crippen LogP contribution in [0.2, 0.25) is 0 Å². The lowest BCUT2D eigenvalue weighted by molar-refractivity contribution is 0.0532. The molecule has 2 aromatic rings. The number of carbonyl (C=O) groups is 2. The van der Waals surface area contributed by atoms with Crippen LogP contribution in [0.5, 0.6) is 0 Å². The number of piperazine rings is 1. The Bertz CT molecular complexity index is 770. The van der Waals surface area contributed by atoms with Gasteiger partial charge in [0.15, 0.2) is 12.1 Å². The van der Waals surface area contributed by atoms with Gasteiger partial charge in [-0.3, -0.25) is 18.9 Å². The zero-order valence-electron chi connectivity index (χ0n) is 13.1. The third-order valence-electron chi connectivity index (χ3n) is 3.84. The molecule has 1 aromatic heterocycles. The lowest BCUT2D eigenvalue weighted by atomic mass is 10.1. The third kappa shape index (κ3) is 4.03. The molecular formula is C15H16N4O5S. The Labute approximate surface area is 146 Å². The molecule has 10 heteroatoms. The van der Waals surface area contributed by atoms with Crippen LogP contribution < -0.4 is 4.72 Å². The molecular weight excluding hydrogens is 348 g/mol. The lowest BCUT2D eigenvalue weighted by Crippen LogP contribution is -2.50. The molecule has 25 heavy (non-hydrogen) atoms. The third-order valence-corrected chi connectivity index (χ3v) is 4.25. The van der Waals surface area contributed by atoms with E-state index in [1.807, 2.05) is 0 Å². The van der Waals surface area contributed by atoms with Crippen LogP contribution in [0.1, 0.15) is 20.8 Å². The smallest absolute Gasteiger partial charge is 0.275 e. The van der Waals surface area contributed by atoms with E-state index >= 15 is 0 Å². The quantitative estimate of drug-likeness (QED) is 0.776. The molecule has 0 spiro atoms. The Morgan fingerprint density at radius 3 is 2.20 bits per heavy atom. The Hall–Kier alpha value is -2.72. The minimum absolute atomic E-state index is 0.148. The summed E-state index contributed by atoms with van der Waals surface area (Å²) in [6, 6.07) is 6.30. The van der Waals surface area contributed by atoms with E-state index < -0.39 is 11.3 Å². The van der Waals surface area contributed by atoms with Crippen molar-refractivity contribution < 1.29 is 22.8 Å². The summed E-state index contributed by atoms with van der Waals surface area (Å²) in [4.78, 5) is 31.8. The topological polar surface area (TPSA) is 116 Å². The number of hydrogen-bond donors (Lipinski definition) is 2. The number of amides is 2. The molecule has 1 aliphatic rings. The van der Waals surface area contributed by atoms with E-state index in [-0.39, 0.29) is 17.5 Å². The highest BCUT2D eigenvalue weighted by atomic mass is 32.2. The number of anilines is 1. The monoisotopic (exact) mass is 364 g/mol. The van der Waals surface area contributed by atoms with Crippen molar-refractivity contribution in [2.75, 3.05) is 30.9 Å². The van der Waals surface area contributed by atoms with Crippen molar-refractivity contribution in [1.29, 1.82) is 0 Å². The van der Waals surface area contributed by atoms with Gasteiger partial charge in [0.05, 0.1) is 0 Å². The van der Waals surface area contributed by atoms with E-state index in [9.17, 15) is 13.8 Å². The van der Waals surface area contributed by atoms with Gasteiger partial charge in [-0.05, 0) is 24.3 Å². The highest BCUT2D eigenvalue weighted by Crippen LogP contribution is 2.14. The summed E-state index contributed by atoms with van der Waals surface area (Å²) in [5.74, 6) is -0.363. The molecule has 0 radical (unpaired) electrons. The van der Waals surface area contributed by atoms with E-state index in [0.717, 1.165) is 0 Å². The fraction of sp³-hybridized carbons (Fsp3) is 0.267. The second-order valence-corrected chi connectivity index (χ2v) is 6.09. The van der Waals surface area contributed by atoms with E-state index in [1.54, 1.807) is 34.1 Å². The van der Waals surface area contributed by atoms with E-state index in [2.05, 4.69) is 9.71 Å². The average molecular weight is 364 g/mol. The van der Waals surface area contributed by atoms with Crippen molar-refractivity contribution in [2.24, 2.45) is 0 Å². The molecule has 1 fully saturated rings. The van der Waals surface area contributed by atoms with Gasteiger partial charge < -0.3 is 14.2 Å². The summed E-state index contributed by atoms with van der Waals surface area (Å²) >= 11 is -2.15. The highest BCUT2D eigenvalue weighted by molar-refractivity contribution is 7.80. The first-order valence-corrected chi connectivity index (χ1v) is 8.59. The van der Waals surface area contributed by atoms with Crippen molar-refractivity contribution in [1.82, 2.24) is 14.8 Å². The first kappa shape index (κ1) is 17.1. The Morgan fingerprint density at radius 2 is 1.68 bits per heavy atom. The van der Waals surface area contributed by atoms with Crippen molar-refractivity contribution in [3.63, 3.8) is 0 Å². The van der Waals surface area contributed by atoms with Crippen LogP contribution in [-0.2, 0) is 11.3 Å². The zero-order chi connectivity index (χ0) is 17.8. The van der Waals surface area contributed by atoms with E-state index in [1.165, 1.54) is 12.7 Å². The number of nitrogens with zero attached hydrogens (tertiary/aromatic N) is 3. The van der Waals surface area contributed by atoms with Gasteiger partial charge in [0.1, 0.15) is 6.26 Å². The van der Waals surface area contributed by atoms with Crippen LogP contribution in [-0.4, -0.2) is 61.5 Å². The van der Waals surface area contributed by atoms with E-state index in [4.69, 9.17) is 8.97 Å². The van der Waals surface area contributed by atoms with Gasteiger partial charge in [0.2, 0.25) is 0 Å². The maximum atomic E-state index is 12.5. The lowest BCUT2D eigenvalue weighted by Gasteiger charge is -2.34. The maximum absolute atomic E-state index is 12.5. The second kappa shape index (κ2) is 7.45. The molecule has 1 atom stereocenters. The Balaban J connectivity index is 1.58. The molecule has 9 nitrogen and oxygen atoms in total. The molecule has 1 unspecified atom stereocenters. The first-order valence-electron chi connectivity index (χ1n) is 7.49.